The summed E-state index contributed by atoms with van der Waals surface area (Å²) >= 11 is 3.43. The molecule has 0 saturated carbocycles. The number of aromatic amines is 1. The molecule has 0 unspecified atom stereocenters. The molecule has 1 N–H and O–H groups in total. The highest BCUT2D eigenvalue weighted by Crippen LogP contribution is 2.16. The molecule has 0 aromatic carbocycles. The van der Waals surface area contributed by atoms with Crippen molar-refractivity contribution in [2.45, 2.75) is 58.3 Å². The molecule has 0 atom stereocenters. The monoisotopic (exact) mass is 323 g/mol. The Hall–Kier alpha value is -0.900. The lowest BCUT2D eigenvalue weighted by molar-refractivity contribution is 0.585. The fraction of sp³-hybridized carbons (Fsp3) is 0.600. The van der Waals surface area contributed by atoms with Crippen LogP contribution in [0.25, 0.3) is 11.2 Å². The second-order valence-corrected chi connectivity index (χ2v) is 6.00. The molecule has 0 radical (unpaired) electrons. The Morgan fingerprint density at radius 3 is 2.63 bits per heavy atom. The summed E-state index contributed by atoms with van der Waals surface area (Å²) < 4.78 is 0.992. The SMILES string of the molecule is CCCCCCCCCc1nc2ncc(Br)cc2[nH]1. The van der Waals surface area contributed by atoms with Crippen molar-refractivity contribution in [3.05, 3.63) is 22.6 Å². The van der Waals surface area contributed by atoms with Gasteiger partial charge in [-0.2, -0.15) is 0 Å². The van der Waals surface area contributed by atoms with Gasteiger partial charge in [-0.15, -0.1) is 0 Å². The van der Waals surface area contributed by atoms with Crippen LogP contribution in [0.5, 0.6) is 0 Å². The number of aromatic nitrogens is 3. The van der Waals surface area contributed by atoms with E-state index in [0.717, 1.165) is 27.9 Å². The summed E-state index contributed by atoms with van der Waals surface area (Å²) in [5.41, 5.74) is 1.84. The molecule has 0 fully saturated rings. The first-order valence-corrected chi connectivity index (χ1v) is 8.09. The second-order valence-electron chi connectivity index (χ2n) is 5.08. The Bertz CT molecular complexity index is 507. The van der Waals surface area contributed by atoms with Crippen LogP contribution < -0.4 is 0 Å². The zero-order chi connectivity index (χ0) is 13.5. The number of hydrogen-bond acceptors (Lipinski definition) is 2. The van der Waals surface area contributed by atoms with Gasteiger partial charge in [0, 0.05) is 17.1 Å². The number of hydrogen-bond donors (Lipinski definition) is 1. The van der Waals surface area contributed by atoms with Gasteiger partial charge in [-0.1, -0.05) is 45.4 Å². The van der Waals surface area contributed by atoms with Gasteiger partial charge in [-0.25, -0.2) is 9.97 Å². The van der Waals surface area contributed by atoms with Crippen LogP contribution in [0.2, 0.25) is 0 Å². The van der Waals surface area contributed by atoms with Crippen LogP contribution in [0.3, 0.4) is 0 Å². The maximum absolute atomic E-state index is 4.51. The third-order valence-corrected chi connectivity index (χ3v) is 3.80. The number of fused-ring (bicyclic) bond motifs is 1. The maximum Gasteiger partial charge on any atom is 0.177 e. The van der Waals surface area contributed by atoms with Gasteiger partial charge < -0.3 is 4.98 Å². The van der Waals surface area contributed by atoms with Crippen LogP contribution in [0.4, 0.5) is 0 Å². The lowest BCUT2D eigenvalue weighted by Gasteiger charge is -1.99. The highest BCUT2D eigenvalue weighted by atomic mass is 79.9. The zero-order valence-electron chi connectivity index (χ0n) is 11.6. The molecule has 0 aliphatic heterocycles. The molecule has 2 rings (SSSR count). The average molecular weight is 324 g/mol. The van der Waals surface area contributed by atoms with Gasteiger partial charge in [0.15, 0.2) is 5.65 Å². The van der Waals surface area contributed by atoms with Gasteiger partial charge in [0.1, 0.15) is 5.82 Å². The van der Waals surface area contributed by atoms with E-state index < -0.39 is 0 Å². The summed E-state index contributed by atoms with van der Waals surface area (Å²) in [4.78, 5) is 12.1. The van der Waals surface area contributed by atoms with Crippen molar-refractivity contribution in [2.24, 2.45) is 0 Å². The molecular weight excluding hydrogens is 302 g/mol. The number of pyridine rings is 1. The van der Waals surface area contributed by atoms with E-state index in [-0.39, 0.29) is 0 Å². The van der Waals surface area contributed by atoms with E-state index in [1.807, 2.05) is 6.07 Å². The molecule has 0 amide bonds. The van der Waals surface area contributed by atoms with Gasteiger partial charge in [0.05, 0.1) is 5.52 Å². The smallest absolute Gasteiger partial charge is 0.177 e. The first-order chi connectivity index (χ1) is 9.29. The standard InChI is InChI=1S/C15H22BrN3/c1-2-3-4-5-6-7-8-9-14-18-13-10-12(16)11-17-15(13)19-14/h10-11H,2-9H2,1H3,(H,17,18,19). The highest BCUT2D eigenvalue weighted by Gasteiger charge is 2.04. The van der Waals surface area contributed by atoms with Gasteiger partial charge in [0.25, 0.3) is 0 Å². The first-order valence-electron chi connectivity index (χ1n) is 7.29. The van der Waals surface area contributed by atoms with Crippen LogP contribution in [0.1, 0.15) is 57.7 Å². The van der Waals surface area contributed by atoms with E-state index in [1.165, 1.54) is 44.9 Å². The number of unbranched alkanes of at least 4 members (excludes halogenated alkanes) is 6. The fourth-order valence-corrected chi connectivity index (χ4v) is 2.62. The van der Waals surface area contributed by atoms with Gasteiger partial charge in [0.2, 0.25) is 0 Å². The van der Waals surface area contributed by atoms with E-state index in [2.05, 4.69) is 37.8 Å². The van der Waals surface area contributed by atoms with E-state index in [9.17, 15) is 0 Å². The summed E-state index contributed by atoms with van der Waals surface area (Å²) in [6, 6.07) is 2.03. The molecule has 0 spiro atoms. The molecule has 2 aromatic rings. The molecule has 0 aliphatic carbocycles. The number of aryl methyl sites for hydroxylation is 1. The first kappa shape index (κ1) is 14.5. The van der Waals surface area contributed by atoms with Crippen molar-refractivity contribution in [1.29, 1.82) is 0 Å². The predicted octanol–water partition coefficient (Wildman–Crippen LogP) is 5.01. The van der Waals surface area contributed by atoms with Crippen molar-refractivity contribution in [3.8, 4) is 0 Å². The molecule has 0 aliphatic rings. The summed E-state index contributed by atoms with van der Waals surface area (Å²) in [6.07, 6.45) is 12.2. The maximum atomic E-state index is 4.51. The Morgan fingerprint density at radius 1 is 1.11 bits per heavy atom. The third kappa shape index (κ3) is 4.60. The minimum absolute atomic E-state index is 0.821. The lowest BCUT2D eigenvalue weighted by atomic mass is 10.1. The summed E-state index contributed by atoms with van der Waals surface area (Å²) in [5, 5.41) is 0. The zero-order valence-corrected chi connectivity index (χ0v) is 13.2. The topological polar surface area (TPSA) is 41.6 Å². The molecule has 104 valence electrons. The van der Waals surface area contributed by atoms with E-state index in [4.69, 9.17) is 0 Å². The number of H-pyrrole nitrogens is 1. The number of imidazole rings is 1. The number of rotatable bonds is 8. The van der Waals surface area contributed by atoms with Crippen LogP contribution >= 0.6 is 15.9 Å². The minimum atomic E-state index is 0.821. The summed E-state index contributed by atoms with van der Waals surface area (Å²) in [6.45, 7) is 2.26. The van der Waals surface area contributed by atoms with Crippen LogP contribution in [-0.4, -0.2) is 15.0 Å². The molecule has 2 aromatic heterocycles. The normalized spacial score (nSPS) is 11.3. The van der Waals surface area contributed by atoms with E-state index in [0.29, 0.717) is 0 Å². The van der Waals surface area contributed by atoms with Gasteiger partial charge in [-0.3, -0.25) is 0 Å². The van der Waals surface area contributed by atoms with Crippen molar-refractivity contribution in [1.82, 2.24) is 15.0 Å². The Labute approximate surface area is 123 Å². The molecule has 4 heteroatoms. The van der Waals surface area contributed by atoms with Crippen LogP contribution in [0.15, 0.2) is 16.7 Å². The van der Waals surface area contributed by atoms with Gasteiger partial charge in [-0.05, 0) is 28.4 Å². The number of nitrogens with zero attached hydrogens (tertiary/aromatic N) is 2. The Balaban J connectivity index is 1.72. The van der Waals surface area contributed by atoms with Crippen LogP contribution in [0, 0.1) is 0 Å². The fourth-order valence-electron chi connectivity index (χ4n) is 2.29. The minimum Gasteiger partial charge on any atom is -0.341 e. The third-order valence-electron chi connectivity index (χ3n) is 3.37. The molecule has 0 saturated heterocycles. The lowest BCUT2D eigenvalue weighted by Crippen LogP contribution is -1.88. The number of halogens is 1. The number of nitrogens with one attached hydrogen (secondary N) is 1. The predicted molar refractivity (Wildman–Crippen MR) is 83.3 cm³/mol. The van der Waals surface area contributed by atoms with Crippen molar-refractivity contribution in [2.75, 3.05) is 0 Å². The Morgan fingerprint density at radius 2 is 1.84 bits per heavy atom. The van der Waals surface area contributed by atoms with E-state index in [1.54, 1.807) is 6.20 Å². The van der Waals surface area contributed by atoms with Gasteiger partial charge >= 0.3 is 0 Å². The molecular formula is C15H22BrN3. The summed E-state index contributed by atoms with van der Waals surface area (Å²) in [5.74, 6) is 1.06. The summed E-state index contributed by atoms with van der Waals surface area (Å²) in [7, 11) is 0. The second kappa shape index (κ2) is 7.63. The molecule has 2 heterocycles. The Kier molecular flexibility index (Phi) is 5.83. The van der Waals surface area contributed by atoms with E-state index >= 15 is 0 Å². The quantitative estimate of drug-likeness (QED) is 0.693. The highest BCUT2D eigenvalue weighted by molar-refractivity contribution is 9.10. The van der Waals surface area contributed by atoms with Crippen molar-refractivity contribution >= 4 is 27.1 Å². The molecule has 0 bridgehead atoms. The van der Waals surface area contributed by atoms with Crippen molar-refractivity contribution in [3.63, 3.8) is 0 Å². The van der Waals surface area contributed by atoms with Crippen molar-refractivity contribution < 1.29 is 0 Å². The molecule has 19 heavy (non-hydrogen) atoms. The molecule has 3 nitrogen and oxygen atoms in total. The largest absolute Gasteiger partial charge is 0.341 e. The average Bonchev–Trinajstić information content (AvgIpc) is 2.79. The van der Waals surface area contributed by atoms with Crippen LogP contribution in [-0.2, 0) is 6.42 Å².